The third-order valence-electron chi connectivity index (χ3n) is 4.45. The average molecular weight is 372 g/mol. The molecular weight excluding hydrogens is 342 g/mol. The maximum Gasteiger partial charge on any atom is 0.229 e. The van der Waals surface area contributed by atoms with Gasteiger partial charge in [-0.2, -0.15) is 0 Å². The second-order valence-electron chi connectivity index (χ2n) is 7.66. The van der Waals surface area contributed by atoms with Gasteiger partial charge in [0, 0.05) is 12.2 Å². The lowest BCUT2D eigenvalue weighted by molar-refractivity contribution is 0.101. The second kappa shape index (κ2) is 7.37. The summed E-state index contributed by atoms with van der Waals surface area (Å²) in [6, 6.07) is 5.01. The predicted octanol–water partition coefficient (Wildman–Crippen LogP) is 3.83. The minimum absolute atomic E-state index is 0.0486. The standard InChI is InChI=1S/C17H29NO4SSi/c1-13(19)14-8-9-16(18-23(5,20)21)15(12-14)10-11-22-24(6,7)17(2,3)4/h8-9,12,18H,10-11H2,1-7H3. The zero-order valence-electron chi connectivity index (χ0n) is 15.7. The Morgan fingerprint density at radius 2 is 1.83 bits per heavy atom. The molecule has 0 aliphatic heterocycles. The van der Waals surface area contributed by atoms with Gasteiger partial charge in [0.1, 0.15) is 0 Å². The number of carbonyl (C=O) groups is 1. The molecule has 0 radical (unpaired) electrons. The van der Waals surface area contributed by atoms with E-state index in [-0.39, 0.29) is 10.8 Å². The van der Waals surface area contributed by atoms with Crippen LogP contribution in [0.1, 0.15) is 43.6 Å². The summed E-state index contributed by atoms with van der Waals surface area (Å²) in [6.45, 7) is 12.9. The Labute approximate surface area is 147 Å². The van der Waals surface area contributed by atoms with Gasteiger partial charge in [-0.3, -0.25) is 9.52 Å². The van der Waals surface area contributed by atoms with Crippen molar-refractivity contribution in [1.29, 1.82) is 0 Å². The van der Waals surface area contributed by atoms with Gasteiger partial charge in [-0.25, -0.2) is 8.42 Å². The molecule has 136 valence electrons. The van der Waals surface area contributed by atoms with Crippen molar-refractivity contribution >= 4 is 29.8 Å². The monoisotopic (exact) mass is 371 g/mol. The minimum Gasteiger partial charge on any atom is -0.416 e. The zero-order chi connectivity index (χ0) is 18.8. The molecule has 1 N–H and O–H groups in total. The van der Waals surface area contributed by atoms with E-state index < -0.39 is 18.3 Å². The molecule has 0 bridgehead atoms. The fourth-order valence-corrected chi connectivity index (χ4v) is 3.60. The fourth-order valence-electron chi connectivity index (χ4n) is 1.95. The molecule has 0 aromatic heterocycles. The number of sulfonamides is 1. The van der Waals surface area contributed by atoms with Crippen LogP contribution in [0.4, 0.5) is 5.69 Å². The van der Waals surface area contributed by atoms with E-state index in [1.807, 2.05) is 0 Å². The maximum atomic E-state index is 11.6. The molecule has 0 saturated carbocycles. The highest BCUT2D eigenvalue weighted by Crippen LogP contribution is 2.36. The summed E-state index contributed by atoms with van der Waals surface area (Å²) in [5, 5.41) is 0.113. The van der Waals surface area contributed by atoms with Crippen LogP contribution in [0.3, 0.4) is 0 Å². The van der Waals surface area contributed by atoms with Gasteiger partial charge in [0.25, 0.3) is 0 Å². The van der Waals surface area contributed by atoms with Crippen molar-refractivity contribution in [2.24, 2.45) is 0 Å². The van der Waals surface area contributed by atoms with Gasteiger partial charge in [0.2, 0.25) is 10.0 Å². The molecule has 24 heavy (non-hydrogen) atoms. The lowest BCUT2D eigenvalue weighted by atomic mass is 10.0. The normalized spacial score (nSPS) is 13.0. The zero-order valence-corrected chi connectivity index (χ0v) is 17.5. The number of hydrogen-bond donors (Lipinski definition) is 1. The Kier molecular flexibility index (Phi) is 6.41. The number of nitrogens with one attached hydrogen (secondary N) is 1. The van der Waals surface area contributed by atoms with Crippen molar-refractivity contribution in [3.8, 4) is 0 Å². The first-order valence-corrected chi connectivity index (χ1v) is 12.8. The van der Waals surface area contributed by atoms with Crippen LogP contribution in [0.2, 0.25) is 18.1 Å². The van der Waals surface area contributed by atoms with E-state index in [2.05, 4.69) is 38.6 Å². The molecule has 1 aromatic carbocycles. The van der Waals surface area contributed by atoms with Crippen LogP contribution in [-0.4, -0.2) is 35.4 Å². The van der Waals surface area contributed by atoms with E-state index in [9.17, 15) is 13.2 Å². The number of anilines is 1. The number of carbonyl (C=O) groups excluding carboxylic acids is 1. The first kappa shape index (κ1) is 20.9. The summed E-state index contributed by atoms with van der Waals surface area (Å²) in [5.74, 6) is -0.0486. The number of ketones is 1. The number of hydrogen-bond acceptors (Lipinski definition) is 4. The van der Waals surface area contributed by atoms with Gasteiger partial charge < -0.3 is 4.43 Å². The molecule has 0 amide bonds. The van der Waals surface area contributed by atoms with Crippen molar-refractivity contribution in [3.63, 3.8) is 0 Å². The Morgan fingerprint density at radius 3 is 2.29 bits per heavy atom. The molecule has 0 fully saturated rings. The third kappa shape index (κ3) is 6.03. The average Bonchev–Trinajstić information content (AvgIpc) is 2.37. The van der Waals surface area contributed by atoms with E-state index in [4.69, 9.17) is 4.43 Å². The number of benzene rings is 1. The summed E-state index contributed by atoms with van der Waals surface area (Å²) >= 11 is 0. The van der Waals surface area contributed by atoms with E-state index in [1.165, 1.54) is 6.92 Å². The molecule has 1 rings (SSSR count). The van der Waals surface area contributed by atoms with Gasteiger partial charge in [0.05, 0.1) is 11.9 Å². The second-order valence-corrected chi connectivity index (χ2v) is 14.2. The fraction of sp³-hybridized carbons (Fsp3) is 0.588. The smallest absolute Gasteiger partial charge is 0.229 e. The van der Waals surface area contributed by atoms with Crippen molar-refractivity contribution in [3.05, 3.63) is 29.3 Å². The molecule has 0 aliphatic carbocycles. The van der Waals surface area contributed by atoms with Crippen molar-refractivity contribution in [1.82, 2.24) is 0 Å². The lowest BCUT2D eigenvalue weighted by Gasteiger charge is -2.36. The highest BCUT2D eigenvalue weighted by atomic mass is 32.2. The Balaban J connectivity index is 2.99. The van der Waals surface area contributed by atoms with Gasteiger partial charge in [-0.15, -0.1) is 0 Å². The first-order chi connectivity index (χ1) is 10.7. The topological polar surface area (TPSA) is 72.5 Å². The summed E-state index contributed by atoms with van der Waals surface area (Å²) < 4.78 is 31.7. The molecule has 5 nitrogen and oxygen atoms in total. The molecule has 0 spiro atoms. The van der Waals surface area contributed by atoms with Gasteiger partial charge in [-0.05, 0) is 55.2 Å². The third-order valence-corrected chi connectivity index (χ3v) is 9.58. The molecule has 0 unspecified atom stereocenters. The number of Topliss-reactive ketones (excluding diaryl/α,β-unsaturated/α-hetero) is 1. The van der Waals surface area contributed by atoms with Crippen LogP contribution < -0.4 is 4.72 Å². The highest BCUT2D eigenvalue weighted by Gasteiger charge is 2.36. The lowest BCUT2D eigenvalue weighted by Crippen LogP contribution is -2.41. The Morgan fingerprint density at radius 1 is 1.25 bits per heavy atom. The SMILES string of the molecule is CC(=O)c1ccc(NS(C)(=O)=O)c(CCO[Si](C)(C)C(C)(C)C)c1. The molecule has 1 aromatic rings. The molecular formula is C17H29NO4SSi. The first-order valence-electron chi connectivity index (χ1n) is 7.98. The van der Waals surface area contributed by atoms with E-state index in [1.54, 1.807) is 18.2 Å². The predicted molar refractivity (Wildman–Crippen MR) is 102 cm³/mol. The van der Waals surface area contributed by atoms with Crippen LogP contribution in [0.15, 0.2) is 18.2 Å². The van der Waals surface area contributed by atoms with Gasteiger partial charge in [0.15, 0.2) is 14.1 Å². The van der Waals surface area contributed by atoms with E-state index in [0.29, 0.717) is 24.3 Å². The van der Waals surface area contributed by atoms with Crippen molar-refractivity contribution in [2.75, 3.05) is 17.6 Å². The van der Waals surface area contributed by atoms with Gasteiger partial charge >= 0.3 is 0 Å². The van der Waals surface area contributed by atoms with Crippen LogP contribution >= 0.6 is 0 Å². The molecule has 7 heteroatoms. The number of rotatable bonds is 7. The summed E-state index contributed by atoms with van der Waals surface area (Å²) in [6.07, 6.45) is 1.66. The van der Waals surface area contributed by atoms with E-state index >= 15 is 0 Å². The summed E-state index contributed by atoms with van der Waals surface area (Å²) in [5.41, 5.74) is 1.84. The van der Waals surface area contributed by atoms with Crippen molar-refractivity contribution < 1.29 is 17.6 Å². The molecule has 0 atom stereocenters. The van der Waals surface area contributed by atoms with Crippen LogP contribution in [0.5, 0.6) is 0 Å². The quantitative estimate of drug-likeness (QED) is 0.584. The minimum atomic E-state index is -3.38. The highest BCUT2D eigenvalue weighted by molar-refractivity contribution is 7.92. The largest absolute Gasteiger partial charge is 0.416 e. The van der Waals surface area contributed by atoms with E-state index in [0.717, 1.165) is 11.8 Å². The Bertz CT molecular complexity index is 706. The maximum absolute atomic E-state index is 11.6. The molecule has 0 saturated heterocycles. The van der Waals surface area contributed by atoms with Crippen LogP contribution in [0, 0.1) is 0 Å². The van der Waals surface area contributed by atoms with Crippen LogP contribution in [-0.2, 0) is 20.9 Å². The summed E-state index contributed by atoms with van der Waals surface area (Å²) in [4.78, 5) is 11.6. The van der Waals surface area contributed by atoms with Gasteiger partial charge in [-0.1, -0.05) is 20.8 Å². The molecule has 0 aliphatic rings. The van der Waals surface area contributed by atoms with Crippen LogP contribution in [0.25, 0.3) is 0 Å². The van der Waals surface area contributed by atoms with Crippen molar-refractivity contribution in [2.45, 2.75) is 52.2 Å². The Hall–Kier alpha value is -1.18. The summed E-state index contributed by atoms with van der Waals surface area (Å²) in [7, 11) is -5.24. The molecule has 0 heterocycles.